The van der Waals surface area contributed by atoms with Gasteiger partial charge in [0.2, 0.25) is 0 Å². The highest BCUT2D eigenvalue weighted by atomic mass is 16.5. The first-order valence-corrected chi connectivity index (χ1v) is 6.21. The summed E-state index contributed by atoms with van der Waals surface area (Å²) in [5.74, 6) is -0.283. The largest absolute Gasteiger partial charge is 0.465 e. The maximum Gasteiger partial charge on any atom is 0.317 e. The van der Waals surface area contributed by atoms with Gasteiger partial charge in [0.15, 0.2) is 0 Å². The Hall–Kier alpha value is -2.17. The quantitative estimate of drug-likeness (QED) is 0.789. The van der Waals surface area contributed by atoms with Gasteiger partial charge in [-0.3, -0.25) is 4.79 Å². The lowest BCUT2D eigenvalue weighted by molar-refractivity contribution is -0.149. The monoisotopic (exact) mass is 259 g/mol. The minimum atomic E-state index is -0.796. The van der Waals surface area contributed by atoms with Gasteiger partial charge in [-0.05, 0) is 32.9 Å². The van der Waals surface area contributed by atoms with E-state index in [0.717, 1.165) is 5.69 Å². The van der Waals surface area contributed by atoms with Crippen molar-refractivity contribution in [1.82, 2.24) is 15.0 Å². The van der Waals surface area contributed by atoms with Crippen LogP contribution in [0.15, 0.2) is 36.5 Å². The van der Waals surface area contributed by atoms with Crippen LogP contribution in [-0.2, 0) is 14.9 Å². The van der Waals surface area contributed by atoms with Gasteiger partial charge in [-0.2, -0.15) is 0 Å². The van der Waals surface area contributed by atoms with Crippen LogP contribution in [0, 0.1) is 0 Å². The number of ether oxygens (including phenoxy) is 1. The van der Waals surface area contributed by atoms with Crippen LogP contribution < -0.4 is 0 Å². The first-order chi connectivity index (χ1) is 9.07. The molecule has 0 saturated heterocycles. The number of aromatic nitrogens is 3. The molecule has 0 saturated carbocycles. The van der Waals surface area contributed by atoms with Crippen LogP contribution in [0.5, 0.6) is 0 Å². The predicted octanol–water partition coefficient (Wildman–Crippen LogP) is 2.11. The minimum Gasteiger partial charge on any atom is -0.465 e. The Morgan fingerprint density at radius 2 is 2.00 bits per heavy atom. The number of para-hydroxylation sites is 1. The van der Waals surface area contributed by atoms with Crippen molar-refractivity contribution in [2.24, 2.45) is 0 Å². The number of hydrogen-bond acceptors (Lipinski definition) is 4. The molecular formula is C14H17N3O2. The van der Waals surface area contributed by atoms with Crippen molar-refractivity contribution >= 4 is 5.97 Å². The van der Waals surface area contributed by atoms with E-state index in [4.69, 9.17) is 4.74 Å². The summed E-state index contributed by atoms with van der Waals surface area (Å²) >= 11 is 0. The number of carbonyl (C=O) groups is 1. The molecule has 1 heterocycles. The van der Waals surface area contributed by atoms with Crippen molar-refractivity contribution in [3.63, 3.8) is 0 Å². The van der Waals surface area contributed by atoms with E-state index in [1.807, 2.05) is 44.2 Å². The van der Waals surface area contributed by atoms with Gasteiger partial charge < -0.3 is 4.74 Å². The van der Waals surface area contributed by atoms with E-state index in [2.05, 4.69) is 10.3 Å². The van der Waals surface area contributed by atoms with Crippen molar-refractivity contribution in [3.05, 3.63) is 42.2 Å². The van der Waals surface area contributed by atoms with Crippen LogP contribution in [0.4, 0.5) is 0 Å². The Morgan fingerprint density at radius 1 is 1.32 bits per heavy atom. The van der Waals surface area contributed by atoms with Gasteiger partial charge >= 0.3 is 5.97 Å². The van der Waals surface area contributed by atoms with Gasteiger partial charge in [0, 0.05) is 0 Å². The average Bonchev–Trinajstić information content (AvgIpc) is 2.90. The molecule has 2 aromatic rings. The SMILES string of the molecule is CCOC(=O)C(C)(C)c1cnnn1-c1ccccc1. The molecule has 0 fully saturated rings. The molecular weight excluding hydrogens is 242 g/mol. The van der Waals surface area contributed by atoms with Crippen LogP contribution in [0.25, 0.3) is 5.69 Å². The van der Waals surface area contributed by atoms with Gasteiger partial charge in [-0.15, -0.1) is 5.10 Å². The fourth-order valence-electron chi connectivity index (χ4n) is 1.84. The summed E-state index contributed by atoms with van der Waals surface area (Å²) in [5.41, 5.74) is 0.777. The molecule has 19 heavy (non-hydrogen) atoms. The lowest BCUT2D eigenvalue weighted by Gasteiger charge is -2.22. The van der Waals surface area contributed by atoms with Gasteiger partial charge in [0.05, 0.1) is 24.2 Å². The fraction of sp³-hybridized carbons (Fsp3) is 0.357. The van der Waals surface area contributed by atoms with E-state index in [1.54, 1.807) is 17.8 Å². The van der Waals surface area contributed by atoms with E-state index in [9.17, 15) is 4.79 Å². The number of carbonyl (C=O) groups excluding carboxylic acids is 1. The minimum absolute atomic E-state index is 0.283. The molecule has 1 aromatic heterocycles. The van der Waals surface area contributed by atoms with Crippen LogP contribution in [-0.4, -0.2) is 27.6 Å². The molecule has 0 amide bonds. The van der Waals surface area contributed by atoms with E-state index in [0.29, 0.717) is 12.3 Å². The molecule has 0 radical (unpaired) electrons. The first-order valence-electron chi connectivity index (χ1n) is 6.21. The summed E-state index contributed by atoms with van der Waals surface area (Å²) in [6.07, 6.45) is 1.60. The summed E-state index contributed by atoms with van der Waals surface area (Å²) in [4.78, 5) is 12.1. The molecule has 2 rings (SSSR count). The number of esters is 1. The van der Waals surface area contributed by atoms with E-state index in [1.165, 1.54) is 0 Å². The van der Waals surface area contributed by atoms with Crippen LogP contribution in [0.1, 0.15) is 26.5 Å². The van der Waals surface area contributed by atoms with E-state index >= 15 is 0 Å². The summed E-state index contributed by atoms with van der Waals surface area (Å²) in [5, 5.41) is 7.97. The van der Waals surface area contributed by atoms with Crippen molar-refractivity contribution in [1.29, 1.82) is 0 Å². The lowest BCUT2D eigenvalue weighted by atomic mass is 9.89. The zero-order valence-corrected chi connectivity index (χ0v) is 11.3. The van der Waals surface area contributed by atoms with Gasteiger partial charge in [0.1, 0.15) is 5.41 Å². The maximum atomic E-state index is 12.1. The number of nitrogens with zero attached hydrogens (tertiary/aromatic N) is 3. The van der Waals surface area contributed by atoms with E-state index < -0.39 is 5.41 Å². The number of hydrogen-bond donors (Lipinski definition) is 0. The second-order valence-corrected chi connectivity index (χ2v) is 4.71. The number of rotatable bonds is 4. The summed E-state index contributed by atoms with van der Waals surface area (Å²) < 4.78 is 6.78. The van der Waals surface area contributed by atoms with Crippen molar-refractivity contribution in [3.8, 4) is 5.69 Å². The molecule has 100 valence electrons. The molecule has 1 aromatic carbocycles. The fourth-order valence-corrected chi connectivity index (χ4v) is 1.84. The highest BCUT2D eigenvalue weighted by Gasteiger charge is 2.35. The van der Waals surface area contributed by atoms with E-state index in [-0.39, 0.29) is 5.97 Å². The molecule has 0 bridgehead atoms. The summed E-state index contributed by atoms with van der Waals surface area (Å²) in [6, 6.07) is 9.59. The molecule has 0 atom stereocenters. The zero-order chi connectivity index (χ0) is 13.9. The summed E-state index contributed by atoms with van der Waals surface area (Å²) in [7, 11) is 0. The second-order valence-electron chi connectivity index (χ2n) is 4.71. The molecule has 0 aliphatic heterocycles. The third-order valence-electron chi connectivity index (χ3n) is 2.98. The third kappa shape index (κ3) is 2.50. The predicted molar refractivity (Wildman–Crippen MR) is 71.0 cm³/mol. The zero-order valence-electron chi connectivity index (χ0n) is 11.3. The van der Waals surface area contributed by atoms with Crippen molar-refractivity contribution in [2.45, 2.75) is 26.2 Å². The highest BCUT2D eigenvalue weighted by molar-refractivity contribution is 5.81. The second kappa shape index (κ2) is 5.22. The van der Waals surface area contributed by atoms with Gasteiger partial charge in [-0.25, -0.2) is 4.68 Å². The molecule has 5 nitrogen and oxygen atoms in total. The Kier molecular flexibility index (Phi) is 3.64. The molecule has 0 spiro atoms. The van der Waals surface area contributed by atoms with Crippen molar-refractivity contribution in [2.75, 3.05) is 6.61 Å². The topological polar surface area (TPSA) is 57.0 Å². The molecule has 5 heteroatoms. The van der Waals surface area contributed by atoms with Crippen LogP contribution in [0.3, 0.4) is 0 Å². The standard InChI is InChI=1S/C14H17N3O2/c1-4-19-13(18)14(2,3)12-10-15-16-17(12)11-8-6-5-7-9-11/h5-10H,4H2,1-3H3. The molecule has 0 aliphatic carbocycles. The van der Waals surface area contributed by atoms with Crippen molar-refractivity contribution < 1.29 is 9.53 Å². The molecule has 0 N–H and O–H groups in total. The van der Waals surface area contributed by atoms with Crippen LogP contribution >= 0.6 is 0 Å². The maximum absolute atomic E-state index is 12.1. The summed E-state index contributed by atoms with van der Waals surface area (Å²) in [6.45, 7) is 5.77. The van der Waals surface area contributed by atoms with Crippen LogP contribution in [0.2, 0.25) is 0 Å². The molecule has 0 aliphatic rings. The Balaban J connectivity index is 2.42. The van der Waals surface area contributed by atoms with Gasteiger partial charge in [-0.1, -0.05) is 23.4 Å². The lowest BCUT2D eigenvalue weighted by Crippen LogP contribution is -2.33. The average molecular weight is 259 g/mol. The smallest absolute Gasteiger partial charge is 0.317 e. The highest BCUT2D eigenvalue weighted by Crippen LogP contribution is 2.25. The van der Waals surface area contributed by atoms with Gasteiger partial charge in [0.25, 0.3) is 0 Å². The Morgan fingerprint density at radius 3 is 2.63 bits per heavy atom. The normalized spacial score (nSPS) is 11.3. The Bertz CT molecular complexity index is 561. The third-order valence-corrected chi connectivity index (χ3v) is 2.98. The Labute approximate surface area is 112 Å². The molecule has 0 unspecified atom stereocenters. The first kappa shape index (κ1) is 13.3. The number of benzene rings is 1.